The van der Waals surface area contributed by atoms with Crippen molar-refractivity contribution >= 4 is 5.78 Å². The van der Waals surface area contributed by atoms with Gasteiger partial charge in [-0.15, -0.1) is 0 Å². The Balaban J connectivity index is 1.55. The van der Waals surface area contributed by atoms with Gasteiger partial charge in [-0.3, -0.25) is 14.5 Å². The normalized spacial score (nSPS) is 22.8. The van der Waals surface area contributed by atoms with Gasteiger partial charge >= 0.3 is 0 Å². The van der Waals surface area contributed by atoms with E-state index in [1.165, 1.54) is 5.56 Å². The molecule has 0 spiro atoms. The molecular formula is C31H26N4O. The average molecular weight is 471 g/mol. The summed E-state index contributed by atoms with van der Waals surface area (Å²) < 4.78 is 1.97. The zero-order chi connectivity index (χ0) is 24.9. The maximum Gasteiger partial charge on any atom is 0.176 e. The Morgan fingerprint density at radius 1 is 0.972 bits per heavy atom. The molecule has 0 bridgehead atoms. The Morgan fingerprint density at radius 2 is 1.64 bits per heavy atom. The number of aryl methyl sites for hydroxylation is 1. The van der Waals surface area contributed by atoms with E-state index in [0.717, 1.165) is 46.5 Å². The van der Waals surface area contributed by atoms with E-state index in [0.29, 0.717) is 0 Å². The fraction of sp³-hybridized carbons (Fsp3) is 0.226. The smallest absolute Gasteiger partial charge is 0.176 e. The summed E-state index contributed by atoms with van der Waals surface area (Å²) in [4.78, 5) is 17.1. The predicted octanol–water partition coefficient (Wildman–Crippen LogP) is 5.67. The minimum absolute atomic E-state index is 0.0498. The SMILES string of the molecule is CC1C(=O)C(C#N)=C[C@]2(c3ccccc3)c3nn(C)c(-c4ccc(-c5ccncc5)cc4)c3CCC12. The first kappa shape index (κ1) is 22.2. The molecule has 2 unspecified atom stereocenters. The van der Waals surface area contributed by atoms with E-state index in [1.54, 1.807) is 12.4 Å². The summed E-state index contributed by atoms with van der Waals surface area (Å²) >= 11 is 0. The number of nitriles is 1. The summed E-state index contributed by atoms with van der Waals surface area (Å²) in [5, 5.41) is 15.0. The molecule has 5 nitrogen and oxygen atoms in total. The van der Waals surface area contributed by atoms with E-state index in [4.69, 9.17) is 5.10 Å². The van der Waals surface area contributed by atoms with Gasteiger partial charge in [0, 0.05) is 36.5 Å². The number of hydrogen-bond donors (Lipinski definition) is 0. The highest BCUT2D eigenvalue weighted by Gasteiger charge is 2.53. The second-order valence-electron chi connectivity index (χ2n) is 9.82. The monoisotopic (exact) mass is 470 g/mol. The molecule has 176 valence electrons. The van der Waals surface area contributed by atoms with Gasteiger partial charge in [0.15, 0.2) is 5.78 Å². The Hall–Kier alpha value is -4.30. The largest absolute Gasteiger partial charge is 0.293 e. The summed E-state index contributed by atoms with van der Waals surface area (Å²) in [5.41, 5.74) is 7.35. The molecule has 0 amide bonds. The van der Waals surface area contributed by atoms with Crippen molar-refractivity contribution in [3.05, 3.63) is 108 Å². The topological polar surface area (TPSA) is 71.6 Å². The molecule has 2 aromatic heterocycles. The fourth-order valence-corrected chi connectivity index (χ4v) is 6.35. The van der Waals surface area contributed by atoms with Crippen LogP contribution in [0.25, 0.3) is 22.4 Å². The molecule has 2 aliphatic rings. The molecule has 2 aromatic carbocycles. The van der Waals surface area contributed by atoms with E-state index < -0.39 is 5.41 Å². The molecule has 2 aliphatic carbocycles. The molecule has 0 fully saturated rings. The Bertz CT molecular complexity index is 1530. The molecule has 4 aromatic rings. The van der Waals surface area contributed by atoms with Crippen LogP contribution in [0.15, 0.2) is 90.8 Å². The van der Waals surface area contributed by atoms with Crippen molar-refractivity contribution in [2.45, 2.75) is 25.2 Å². The molecule has 3 atom stereocenters. The minimum atomic E-state index is -0.611. The number of aromatic nitrogens is 3. The summed E-state index contributed by atoms with van der Waals surface area (Å²) in [6.07, 6.45) is 7.23. The molecular weight excluding hydrogens is 444 g/mol. The summed E-state index contributed by atoms with van der Waals surface area (Å²) in [6.45, 7) is 1.97. The van der Waals surface area contributed by atoms with Crippen molar-refractivity contribution in [2.75, 3.05) is 0 Å². The van der Waals surface area contributed by atoms with Gasteiger partial charge in [0.25, 0.3) is 0 Å². The maximum atomic E-state index is 13.0. The molecule has 0 aliphatic heterocycles. The third-order valence-electron chi connectivity index (χ3n) is 8.03. The fourth-order valence-electron chi connectivity index (χ4n) is 6.35. The second-order valence-corrected chi connectivity index (χ2v) is 9.82. The number of ketones is 1. The van der Waals surface area contributed by atoms with Crippen molar-refractivity contribution in [3.63, 3.8) is 0 Å². The lowest BCUT2D eigenvalue weighted by Crippen LogP contribution is -2.48. The molecule has 0 saturated carbocycles. The Kier molecular flexibility index (Phi) is 5.19. The van der Waals surface area contributed by atoms with Crippen LogP contribution in [0.1, 0.15) is 30.2 Å². The van der Waals surface area contributed by atoms with Gasteiger partial charge in [0.2, 0.25) is 0 Å². The van der Waals surface area contributed by atoms with Crippen molar-refractivity contribution in [1.29, 1.82) is 5.26 Å². The highest BCUT2D eigenvalue weighted by molar-refractivity contribution is 6.02. The molecule has 0 N–H and O–H groups in total. The van der Waals surface area contributed by atoms with E-state index in [1.807, 2.05) is 55.1 Å². The van der Waals surface area contributed by atoms with Gasteiger partial charge in [-0.1, -0.05) is 61.5 Å². The number of nitrogens with zero attached hydrogens (tertiary/aromatic N) is 4. The third kappa shape index (κ3) is 3.18. The first-order chi connectivity index (χ1) is 17.5. The minimum Gasteiger partial charge on any atom is -0.293 e. The predicted molar refractivity (Wildman–Crippen MR) is 139 cm³/mol. The number of carbonyl (C=O) groups excluding carboxylic acids is 1. The van der Waals surface area contributed by atoms with Gasteiger partial charge in [-0.25, -0.2) is 0 Å². The molecule has 5 heteroatoms. The van der Waals surface area contributed by atoms with Crippen LogP contribution in [0.2, 0.25) is 0 Å². The lowest BCUT2D eigenvalue weighted by Gasteiger charge is -2.47. The second kappa shape index (κ2) is 8.42. The zero-order valence-electron chi connectivity index (χ0n) is 20.3. The summed E-state index contributed by atoms with van der Waals surface area (Å²) in [6, 6.07) is 25.0. The van der Waals surface area contributed by atoms with E-state index in [2.05, 4.69) is 47.5 Å². The van der Waals surface area contributed by atoms with Gasteiger partial charge in [-0.2, -0.15) is 10.4 Å². The van der Waals surface area contributed by atoms with Crippen molar-refractivity contribution in [3.8, 4) is 28.5 Å². The summed E-state index contributed by atoms with van der Waals surface area (Å²) in [7, 11) is 1.99. The average Bonchev–Trinajstić information content (AvgIpc) is 3.28. The molecule has 0 saturated heterocycles. The van der Waals surface area contributed by atoms with Crippen LogP contribution >= 0.6 is 0 Å². The van der Waals surface area contributed by atoms with E-state index >= 15 is 0 Å². The van der Waals surface area contributed by atoms with E-state index in [9.17, 15) is 10.1 Å². The highest BCUT2D eigenvalue weighted by Crippen LogP contribution is 2.54. The third-order valence-corrected chi connectivity index (χ3v) is 8.03. The first-order valence-electron chi connectivity index (χ1n) is 12.3. The van der Waals surface area contributed by atoms with Crippen molar-refractivity contribution in [1.82, 2.24) is 14.8 Å². The number of pyridine rings is 1. The quantitative estimate of drug-likeness (QED) is 0.387. The number of Topliss-reactive ketones (excluding diaryl/α,β-unsaturated/α-hetero) is 1. The molecule has 0 radical (unpaired) electrons. The molecule has 36 heavy (non-hydrogen) atoms. The van der Waals surface area contributed by atoms with Crippen LogP contribution in [0.3, 0.4) is 0 Å². The maximum absolute atomic E-state index is 13.0. The van der Waals surface area contributed by atoms with Crippen LogP contribution in [-0.2, 0) is 23.7 Å². The lowest BCUT2D eigenvalue weighted by atomic mass is 9.54. The van der Waals surface area contributed by atoms with E-state index in [-0.39, 0.29) is 23.2 Å². The summed E-state index contributed by atoms with van der Waals surface area (Å²) in [5.74, 6) is -0.253. The van der Waals surface area contributed by atoms with Gasteiger partial charge in [0.05, 0.1) is 22.4 Å². The number of hydrogen-bond acceptors (Lipinski definition) is 4. The number of fused-ring (bicyclic) bond motifs is 3. The Labute approximate surface area is 210 Å². The van der Waals surface area contributed by atoms with Crippen molar-refractivity contribution in [2.24, 2.45) is 18.9 Å². The van der Waals surface area contributed by atoms with Crippen LogP contribution < -0.4 is 0 Å². The van der Waals surface area contributed by atoms with Crippen LogP contribution in [0.4, 0.5) is 0 Å². The number of rotatable bonds is 3. The lowest BCUT2D eigenvalue weighted by molar-refractivity contribution is -0.121. The van der Waals surface area contributed by atoms with Crippen LogP contribution in [0.5, 0.6) is 0 Å². The number of allylic oxidation sites excluding steroid dienone is 2. The van der Waals surface area contributed by atoms with Gasteiger partial charge < -0.3 is 0 Å². The van der Waals surface area contributed by atoms with Gasteiger partial charge in [0.1, 0.15) is 6.07 Å². The van der Waals surface area contributed by atoms with Crippen molar-refractivity contribution < 1.29 is 4.79 Å². The first-order valence-corrected chi connectivity index (χ1v) is 12.3. The number of carbonyl (C=O) groups is 1. The van der Waals surface area contributed by atoms with Gasteiger partial charge in [-0.05, 0) is 53.7 Å². The molecule has 6 rings (SSSR count). The zero-order valence-corrected chi connectivity index (χ0v) is 20.3. The highest BCUT2D eigenvalue weighted by atomic mass is 16.1. The van der Waals surface area contributed by atoms with Crippen LogP contribution in [-0.4, -0.2) is 20.5 Å². The standard InChI is InChI=1S/C31H26N4O/c1-20-27-13-12-26-28(23-10-8-21(9-11-23)22-14-16-33-17-15-22)35(2)34-30(26)31(27,18-24(19-32)29(20)36)25-6-4-3-5-7-25/h3-11,14-18,20,27H,12-13H2,1-2H3/t20?,27?,31-/m1/s1. The number of benzene rings is 2. The van der Waals surface area contributed by atoms with Crippen LogP contribution in [0, 0.1) is 23.2 Å². The molecule has 2 heterocycles. The Morgan fingerprint density at radius 3 is 2.33 bits per heavy atom.